The van der Waals surface area contributed by atoms with E-state index in [0.717, 1.165) is 24.1 Å². The number of anilines is 2. The van der Waals surface area contributed by atoms with Gasteiger partial charge in [-0.25, -0.2) is 4.39 Å². The number of halogens is 1. The van der Waals surface area contributed by atoms with Crippen molar-refractivity contribution in [1.82, 2.24) is 4.98 Å². The Morgan fingerprint density at radius 3 is 2.76 bits per heavy atom. The van der Waals surface area contributed by atoms with Gasteiger partial charge < -0.3 is 15.6 Å². The van der Waals surface area contributed by atoms with Crippen LogP contribution in [0.2, 0.25) is 0 Å². The summed E-state index contributed by atoms with van der Waals surface area (Å²) in [7, 11) is 0. The van der Waals surface area contributed by atoms with Gasteiger partial charge >= 0.3 is 0 Å². The molecule has 3 rings (SSSR count). The lowest BCUT2D eigenvalue weighted by molar-refractivity contribution is 0.626. The van der Waals surface area contributed by atoms with Crippen molar-refractivity contribution in [1.29, 1.82) is 0 Å². The highest BCUT2D eigenvalue weighted by atomic mass is 19.1. The lowest BCUT2D eigenvalue weighted by Gasteiger charge is -2.15. The van der Waals surface area contributed by atoms with Gasteiger partial charge in [0.15, 0.2) is 0 Å². The molecule has 1 fully saturated rings. The van der Waals surface area contributed by atoms with Gasteiger partial charge in [0.1, 0.15) is 17.5 Å². The molecule has 0 amide bonds. The molecule has 0 atom stereocenters. The molecule has 4 nitrogen and oxygen atoms in total. The van der Waals surface area contributed by atoms with Crippen molar-refractivity contribution in [2.24, 2.45) is 0 Å². The van der Waals surface area contributed by atoms with Crippen molar-refractivity contribution in [2.75, 3.05) is 10.6 Å². The van der Waals surface area contributed by atoms with E-state index in [0.29, 0.717) is 17.6 Å². The highest BCUT2D eigenvalue weighted by Gasteiger charge is 2.26. The first-order chi connectivity index (χ1) is 10.1. The molecule has 5 heteroatoms. The van der Waals surface area contributed by atoms with E-state index in [1.165, 1.54) is 12.1 Å². The average Bonchev–Trinajstić information content (AvgIpc) is 3.25. The summed E-state index contributed by atoms with van der Waals surface area (Å²) < 4.78 is 13.4. The Hall–Kier alpha value is -2.56. The number of H-pyrrole nitrogens is 1. The van der Waals surface area contributed by atoms with Gasteiger partial charge in [-0.05, 0) is 48.6 Å². The first-order valence-corrected chi connectivity index (χ1v) is 6.83. The lowest BCUT2D eigenvalue weighted by atomic mass is 10.1. The third kappa shape index (κ3) is 3.31. The molecule has 1 aliphatic rings. The molecule has 1 heterocycles. The summed E-state index contributed by atoms with van der Waals surface area (Å²) in [5, 5.41) is 6.11. The molecule has 1 aromatic carbocycles. The topological polar surface area (TPSA) is 56.9 Å². The monoisotopic (exact) mass is 285 g/mol. The molecule has 108 valence electrons. The van der Waals surface area contributed by atoms with E-state index < -0.39 is 0 Å². The van der Waals surface area contributed by atoms with Gasteiger partial charge in [0.25, 0.3) is 0 Å². The zero-order chi connectivity index (χ0) is 14.8. The summed E-state index contributed by atoms with van der Waals surface area (Å²) in [4.78, 5) is 13.9. The molecule has 0 saturated heterocycles. The number of benzene rings is 1. The van der Waals surface area contributed by atoms with E-state index >= 15 is 0 Å². The largest absolute Gasteiger partial charge is 0.342 e. The van der Waals surface area contributed by atoms with Gasteiger partial charge in [-0.15, -0.1) is 0 Å². The number of aromatic nitrogens is 1. The van der Waals surface area contributed by atoms with Crippen molar-refractivity contribution in [2.45, 2.75) is 18.8 Å². The number of hydrogen-bond donors (Lipinski definition) is 3. The summed E-state index contributed by atoms with van der Waals surface area (Å²) in [5.41, 5.74) is 1.63. The number of pyridine rings is 1. The van der Waals surface area contributed by atoms with Crippen LogP contribution < -0.4 is 16.2 Å². The number of aromatic amines is 1. The Morgan fingerprint density at radius 1 is 1.24 bits per heavy atom. The molecule has 0 aliphatic heterocycles. The van der Waals surface area contributed by atoms with Crippen LogP contribution in [0.1, 0.15) is 24.3 Å². The highest BCUT2D eigenvalue weighted by Crippen LogP contribution is 2.43. The first-order valence-electron chi connectivity index (χ1n) is 6.83. The quantitative estimate of drug-likeness (QED) is 0.789. The molecular formula is C16H16FN3O. The lowest BCUT2D eigenvalue weighted by Crippen LogP contribution is -2.13. The second-order valence-electron chi connectivity index (χ2n) is 5.16. The van der Waals surface area contributed by atoms with Crippen LogP contribution in [0.4, 0.5) is 15.9 Å². The van der Waals surface area contributed by atoms with Crippen molar-refractivity contribution < 1.29 is 4.39 Å². The number of nitrogens with one attached hydrogen (secondary N) is 3. The Balaban J connectivity index is 1.74. The van der Waals surface area contributed by atoms with Crippen molar-refractivity contribution >= 4 is 11.5 Å². The predicted octanol–water partition coefficient (Wildman–Crippen LogP) is 3.39. The van der Waals surface area contributed by atoms with Gasteiger partial charge in [-0.3, -0.25) is 4.79 Å². The van der Waals surface area contributed by atoms with Crippen LogP contribution in [-0.2, 0) is 0 Å². The van der Waals surface area contributed by atoms with Crippen LogP contribution in [0.15, 0.2) is 53.6 Å². The van der Waals surface area contributed by atoms with E-state index in [1.807, 2.05) is 0 Å². The molecule has 3 N–H and O–H groups in total. The second-order valence-corrected chi connectivity index (χ2v) is 5.16. The standard InChI is InChI=1S/C16H16FN3O/c1-10(19-15-3-2-4-16(21)20-15)18-14-8-7-12(17)9-13(14)11-5-6-11/h2-4,7-9,11,18H,1,5-6H2,(H2,19,20,21). The highest BCUT2D eigenvalue weighted by molar-refractivity contribution is 5.59. The zero-order valence-electron chi connectivity index (χ0n) is 11.4. The Labute approximate surface area is 121 Å². The molecule has 0 radical (unpaired) electrons. The van der Waals surface area contributed by atoms with Crippen molar-refractivity contribution in [3.05, 3.63) is 70.5 Å². The van der Waals surface area contributed by atoms with Crippen molar-refractivity contribution in [3.8, 4) is 0 Å². The maximum absolute atomic E-state index is 13.4. The van der Waals surface area contributed by atoms with Gasteiger partial charge in [0.2, 0.25) is 5.56 Å². The van der Waals surface area contributed by atoms with Crippen LogP contribution in [-0.4, -0.2) is 4.98 Å². The fourth-order valence-corrected chi connectivity index (χ4v) is 2.26. The average molecular weight is 285 g/mol. The van der Waals surface area contributed by atoms with Crippen LogP contribution in [0.3, 0.4) is 0 Å². The molecule has 2 aromatic rings. The van der Waals surface area contributed by atoms with Crippen LogP contribution in [0, 0.1) is 5.82 Å². The summed E-state index contributed by atoms with van der Waals surface area (Å²) in [6.07, 6.45) is 2.17. The smallest absolute Gasteiger partial charge is 0.249 e. The van der Waals surface area contributed by atoms with Crippen LogP contribution >= 0.6 is 0 Å². The van der Waals surface area contributed by atoms with E-state index in [1.54, 1.807) is 24.3 Å². The maximum atomic E-state index is 13.4. The molecule has 1 aliphatic carbocycles. The van der Waals surface area contributed by atoms with E-state index in [2.05, 4.69) is 22.2 Å². The minimum Gasteiger partial charge on any atom is -0.342 e. The molecule has 21 heavy (non-hydrogen) atoms. The predicted molar refractivity (Wildman–Crippen MR) is 81.8 cm³/mol. The van der Waals surface area contributed by atoms with Crippen LogP contribution in [0.5, 0.6) is 0 Å². The minimum absolute atomic E-state index is 0.187. The van der Waals surface area contributed by atoms with Gasteiger partial charge in [-0.1, -0.05) is 12.6 Å². The van der Waals surface area contributed by atoms with E-state index in [9.17, 15) is 9.18 Å². The Kier molecular flexibility index (Phi) is 3.48. The summed E-state index contributed by atoms with van der Waals surface area (Å²) in [6, 6.07) is 9.53. The normalized spacial score (nSPS) is 13.8. The molecule has 0 bridgehead atoms. The number of rotatable bonds is 5. The SMILES string of the molecule is C=C(Nc1cccc(=O)[nH]1)Nc1ccc(F)cc1C1CC1. The summed E-state index contributed by atoms with van der Waals surface area (Å²) >= 11 is 0. The summed E-state index contributed by atoms with van der Waals surface area (Å²) in [6.45, 7) is 3.88. The summed E-state index contributed by atoms with van der Waals surface area (Å²) in [5.74, 6) is 1.27. The Morgan fingerprint density at radius 2 is 2.05 bits per heavy atom. The molecule has 1 aromatic heterocycles. The first kappa shape index (κ1) is 13.4. The van der Waals surface area contributed by atoms with E-state index in [-0.39, 0.29) is 11.4 Å². The third-order valence-electron chi connectivity index (χ3n) is 3.37. The maximum Gasteiger partial charge on any atom is 0.249 e. The second kappa shape index (κ2) is 5.44. The Bertz CT molecular complexity index is 734. The molecule has 0 spiro atoms. The molecule has 0 unspecified atom stereocenters. The van der Waals surface area contributed by atoms with Crippen molar-refractivity contribution in [3.63, 3.8) is 0 Å². The van der Waals surface area contributed by atoms with Gasteiger partial charge in [0, 0.05) is 11.8 Å². The zero-order valence-corrected chi connectivity index (χ0v) is 11.4. The van der Waals surface area contributed by atoms with E-state index in [4.69, 9.17) is 0 Å². The fraction of sp³-hybridized carbons (Fsp3) is 0.188. The number of hydrogen-bond acceptors (Lipinski definition) is 3. The van der Waals surface area contributed by atoms with Gasteiger partial charge in [0.05, 0.1) is 0 Å². The minimum atomic E-state index is -0.228. The molecule has 1 saturated carbocycles. The third-order valence-corrected chi connectivity index (χ3v) is 3.37. The fourth-order valence-electron chi connectivity index (χ4n) is 2.26. The van der Waals surface area contributed by atoms with Gasteiger partial charge in [-0.2, -0.15) is 0 Å². The van der Waals surface area contributed by atoms with Crippen LogP contribution in [0.25, 0.3) is 0 Å². The molecular weight excluding hydrogens is 269 g/mol.